The molecule has 2 rings (SSSR count). The number of aromatic nitrogens is 2. The molecule has 0 bridgehead atoms. The Labute approximate surface area is 105 Å². The van der Waals surface area contributed by atoms with Crippen molar-refractivity contribution in [2.75, 3.05) is 17.6 Å². The number of nitrogens with zero attached hydrogens (tertiary/aromatic N) is 2. The summed E-state index contributed by atoms with van der Waals surface area (Å²) in [6.45, 7) is 2.22. The largest absolute Gasteiger partial charge is 0.464 e. The van der Waals surface area contributed by atoms with Crippen LogP contribution in [0.15, 0.2) is 24.3 Å². The van der Waals surface area contributed by atoms with Gasteiger partial charge < -0.3 is 4.74 Å². The molecule has 1 aromatic carbocycles. The summed E-state index contributed by atoms with van der Waals surface area (Å²) in [5.41, 5.74) is 0.627. The van der Waals surface area contributed by atoms with Crippen LogP contribution in [0.1, 0.15) is 6.92 Å². The molecule has 7 heteroatoms. The number of ether oxygens (including phenoxy) is 1. The fourth-order valence-corrected chi connectivity index (χ4v) is 2.01. The smallest absolute Gasteiger partial charge is 0.318 e. The lowest BCUT2D eigenvalue weighted by molar-refractivity contribution is 0.314. The Morgan fingerprint density at radius 3 is 2.67 bits per heavy atom. The molecule has 1 heterocycles. The molecule has 0 amide bonds. The third-order valence-electron chi connectivity index (χ3n) is 2.14. The fourth-order valence-electron chi connectivity index (χ4n) is 1.50. The average molecular weight is 267 g/mol. The van der Waals surface area contributed by atoms with Gasteiger partial charge in [-0.05, 0) is 19.1 Å². The molecule has 0 radical (unpaired) electrons. The first kappa shape index (κ1) is 12.6. The van der Waals surface area contributed by atoms with Crippen LogP contribution in [0, 0.1) is 0 Å². The predicted octanol–water partition coefficient (Wildman–Crippen LogP) is 1.40. The highest BCUT2D eigenvalue weighted by Crippen LogP contribution is 2.23. The van der Waals surface area contributed by atoms with Crippen LogP contribution in [0.5, 0.6) is 6.01 Å². The summed E-state index contributed by atoms with van der Waals surface area (Å²) >= 11 is 0. The van der Waals surface area contributed by atoms with Crippen LogP contribution >= 0.6 is 0 Å². The second-order valence-electron chi connectivity index (χ2n) is 3.68. The third kappa shape index (κ3) is 2.86. The van der Waals surface area contributed by atoms with Gasteiger partial charge in [0.2, 0.25) is 10.0 Å². The van der Waals surface area contributed by atoms with E-state index in [0.29, 0.717) is 17.5 Å². The second-order valence-corrected chi connectivity index (χ2v) is 5.43. The lowest BCUT2D eigenvalue weighted by Crippen LogP contribution is -2.12. The molecule has 18 heavy (non-hydrogen) atoms. The van der Waals surface area contributed by atoms with E-state index in [1.165, 1.54) is 0 Å². The molecule has 0 saturated carbocycles. The van der Waals surface area contributed by atoms with E-state index in [4.69, 9.17) is 4.74 Å². The van der Waals surface area contributed by atoms with Gasteiger partial charge in [-0.25, -0.2) is 8.42 Å². The Morgan fingerprint density at radius 1 is 1.28 bits per heavy atom. The number of benzene rings is 1. The number of hydrogen-bond donors (Lipinski definition) is 1. The van der Waals surface area contributed by atoms with Gasteiger partial charge in [-0.2, -0.15) is 9.97 Å². The molecule has 96 valence electrons. The monoisotopic (exact) mass is 267 g/mol. The highest BCUT2D eigenvalue weighted by molar-refractivity contribution is 7.92. The summed E-state index contributed by atoms with van der Waals surface area (Å²) in [4.78, 5) is 8.24. The summed E-state index contributed by atoms with van der Waals surface area (Å²) in [7, 11) is -3.40. The first-order valence-electron chi connectivity index (χ1n) is 5.37. The molecule has 0 fully saturated rings. The SMILES string of the molecule is CCOc1nc(NS(C)(=O)=O)c2ccccc2n1. The van der Waals surface area contributed by atoms with Crippen LogP contribution in [-0.2, 0) is 10.0 Å². The Kier molecular flexibility index (Phi) is 3.33. The minimum atomic E-state index is -3.40. The molecule has 6 nitrogen and oxygen atoms in total. The zero-order chi connectivity index (χ0) is 13.2. The molecule has 0 aliphatic carbocycles. The van der Waals surface area contributed by atoms with Crippen LogP contribution in [0.3, 0.4) is 0 Å². The van der Waals surface area contributed by atoms with Crippen molar-refractivity contribution in [1.29, 1.82) is 0 Å². The van der Waals surface area contributed by atoms with E-state index in [2.05, 4.69) is 14.7 Å². The van der Waals surface area contributed by atoms with Crippen molar-refractivity contribution in [3.05, 3.63) is 24.3 Å². The molecule has 0 spiro atoms. The van der Waals surface area contributed by atoms with E-state index in [1.54, 1.807) is 18.2 Å². The molecule has 0 saturated heterocycles. The Hall–Kier alpha value is -1.89. The number of fused-ring (bicyclic) bond motifs is 1. The normalized spacial score (nSPS) is 11.4. The fraction of sp³-hybridized carbons (Fsp3) is 0.273. The maximum Gasteiger partial charge on any atom is 0.318 e. The topological polar surface area (TPSA) is 81.2 Å². The van der Waals surface area contributed by atoms with Gasteiger partial charge in [-0.3, -0.25) is 4.72 Å². The number of rotatable bonds is 4. The number of anilines is 1. The zero-order valence-corrected chi connectivity index (χ0v) is 10.9. The highest BCUT2D eigenvalue weighted by Gasteiger charge is 2.11. The number of nitrogens with one attached hydrogen (secondary N) is 1. The van der Waals surface area contributed by atoms with E-state index in [-0.39, 0.29) is 11.8 Å². The van der Waals surface area contributed by atoms with Crippen LogP contribution in [0.4, 0.5) is 5.82 Å². The number of hydrogen-bond acceptors (Lipinski definition) is 5. The maximum absolute atomic E-state index is 11.3. The van der Waals surface area contributed by atoms with E-state index >= 15 is 0 Å². The summed E-state index contributed by atoms with van der Waals surface area (Å²) in [5.74, 6) is 0.228. The van der Waals surface area contributed by atoms with Crippen LogP contribution in [0.25, 0.3) is 10.9 Å². The maximum atomic E-state index is 11.3. The van der Waals surface area contributed by atoms with Crippen LogP contribution in [0.2, 0.25) is 0 Å². The molecule has 0 unspecified atom stereocenters. The molecule has 1 N–H and O–H groups in total. The minimum absolute atomic E-state index is 0.155. The summed E-state index contributed by atoms with van der Waals surface area (Å²) in [5, 5.41) is 0.631. The number of para-hydroxylation sites is 1. The molecule has 0 aliphatic rings. The van der Waals surface area contributed by atoms with Crippen LogP contribution in [-0.4, -0.2) is 31.2 Å². The van der Waals surface area contributed by atoms with Gasteiger partial charge in [0.15, 0.2) is 5.82 Å². The van der Waals surface area contributed by atoms with Gasteiger partial charge >= 0.3 is 6.01 Å². The van der Waals surface area contributed by atoms with E-state index < -0.39 is 10.0 Å². The Bertz CT molecular complexity index is 670. The minimum Gasteiger partial charge on any atom is -0.464 e. The lowest BCUT2D eigenvalue weighted by atomic mass is 10.2. The zero-order valence-electron chi connectivity index (χ0n) is 10.0. The number of sulfonamides is 1. The van der Waals surface area contributed by atoms with E-state index in [0.717, 1.165) is 6.26 Å². The summed E-state index contributed by atoms with van der Waals surface area (Å²) < 4.78 is 30.2. The van der Waals surface area contributed by atoms with Gasteiger partial charge in [0.1, 0.15) is 0 Å². The standard InChI is InChI=1S/C11H13N3O3S/c1-3-17-11-12-9-7-5-4-6-8(9)10(13-11)14-18(2,15)16/h4-7H,3H2,1-2H3,(H,12,13,14). The molecular formula is C11H13N3O3S. The van der Waals surface area contributed by atoms with Crippen molar-refractivity contribution >= 4 is 26.7 Å². The molecule has 0 atom stereocenters. The lowest BCUT2D eigenvalue weighted by Gasteiger charge is -2.09. The van der Waals surface area contributed by atoms with Crippen molar-refractivity contribution < 1.29 is 13.2 Å². The third-order valence-corrected chi connectivity index (χ3v) is 2.70. The van der Waals surface area contributed by atoms with Gasteiger partial charge in [0.25, 0.3) is 0 Å². The van der Waals surface area contributed by atoms with Gasteiger partial charge in [-0.1, -0.05) is 12.1 Å². The molecule has 2 aromatic rings. The highest BCUT2D eigenvalue weighted by atomic mass is 32.2. The Morgan fingerprint density at radius 2 is 2.00 bits per heavy atom. The molecule has 0 aliphatic heterocycles. The summed E-state index contributed by atoms with van der Waals surface area (Å²) in [6.07, 6.45) is 1.07. The quantitative estimate of drug-likeness (QED) is 0.905. The Balaban J connectivity index is 2.60. The van der Waals surface area contributed by atoms with E-state index in [9.17, 15) is 8.42 Å². The van der Waals surface area contributed by atoms with E-state index in [1.807, 2.05) is 13.0 Å². The van der Waals surface area contributed by atoms with Crippen molar-refractivity contribution in [2.45, 2.75) is 6.92 Å². The van der Waals surface area contributed by atoms with Crippen molar-refractivity contribution in [3.8, 4) is 6.01 Å². The first-order valence-corrected chi connectivity index (χ1v) is 7.26. The first-order chi connectivity index (χ1) is 8.49. The predicted molar refractivity (Wildman–Crippen MR) is 69.2 cm³/mol. The molecule has 1 aromatic heterocycles. The average Bonchev–Trinajstić information content (AvgIpc) is 2.27. The second kappa shape index (κ2) is 4.77. The van der Waals surface area contributed by atoms with Crippen LogP contribution < -0.4 is 9.46 Å². The van der Waals surface area contributed by atoms with Crippen molar-refractivity contribution in [3.63, 3.8) is 0 Å². The van der Waals surface area contributed by atoms with Crippen molar-refractivity contribution in [2.24, 2.45) is 0 Å². The molecular weight excluding hydrogens is 254 g/mol. The van der Waals surface area contributed by atoms with Gasteiger partial charge in [0, 0.05) is 5.39 Å². The van der Waals surface area contributed by atoms with Gasteiger partial charge in [-0.15, -0.1) is 0 Å². The van der Waals surface area contributed by atoms with Gasteiger partial charge in [0.05, 0.1) is 18.4 Å². The summed E-state index contributed by atoms with van der Waals surface area (Å²) in [6, 6.07) is 7.28. The van der Waals surface area contributed by atoms with Crippen molar-refractivity contribution in [1.82, 2.24) is 9.97 Å².